The zero-order valence-electron chi connectivity index (χ0n) is 9.24. The molecular formula is C10H22N2S. The van der Waals surface area contributed by atoms with Gasteiger partial charge in [-0.1, -0.05) is 6.58 Å². The molecule has 0 amide bonds. The van der Waals surface area contributed by atoms with Gasteiger partial charge in [0, 0.05) is 12.1 Å². The Hall–Kier alpha value is -0.310. The Balaban J connectivity index is 3.41. The molecule has 0 unspecified atom stereocenters. The monoisotopic (exact) mass is 202 g/mol. The van der Waals surface area contributed by atoms with E-state index in [-0.39, 0.29) is 5.54 Å². The highest BCUT2D eigenvalue weighted by atomic mass is 32.2. The van der Waals surface area contributed by atoms with Gasteiger partial charge in [-0.05, 0) is 39.2 Å². The molecule has 0 aliphatic carbocycles. The van der Waals surface area contributed by atoms with Crippen LogP contribution in [0.25, 0.3) is 0 Å². The fourth-order valence-electron chi connectivity index (χ4n) is 0.953. The van der Waals surface area contributed by atoms with Crippen LogP contribution >= 0.6 is 11.8 Å². The molecule has 0 saturated carbocycles. The molecule has 0 atom stereocenters. The topological polar surface area (TPSA) is 24.1 Å². The van der Waals surface area contributed by atoms with Crippen LogP contribution in [0.15, 0.2) is 12.4 Å². The lowest BCUT2D eigenvalue weighted by atomic mass is 10.1. The van der Waals surface area contributed by atoms with E-state index in [2.05, 4.69) is 44.2 Å². The van der Waals surface area contributed by atoms with Gasteiger partial charge >= 0.3 is 0 Å². The second-order valence-corrected chi connectivity index (χ2v) is 5.11. The third-order valence-corrected chi connectivity index (χ3v) is 2.09. The van der Waals surface area contributed by atoms with E-state index in [4.69, 9.17) is 0 Å². The molecule has 0 aromatic heterocycles. The van der Waals surface area contributed by atoms with Crippen LogP contribution in [0.2, 0.25) is 0 Å². The van der Waals surface area contributed by atoms with Gasteiger partial charge in [0.2, 0.25) is 0 Å². The van der Waals surface area contributed by atoms with Gasteiger partial charge in [0.1, 0.15) is 0 Å². The first-order chi connectivity index (χ1) is 5.95. The van der Waals surface area contributed by atoms with E-state index in [0.29, 0.717) is 0 Å². The Kier molecular flexibility index (Phi) is 6.04. The summed E-state index contributed by atoms with van der Waals surface area (Å²) in [5.74, 6) is 2.13. The Morgan fingerprint density at radius 3 is 2.46 bits per heavy atom. The van der Waals surface area contributed by atoms with E-state index in [9.17, 15) is 0 Å². The first-order valence-electron chi connectivity index (χ1n) is 4.65. The molecule has 0 aromatic rings. The van der Waals surface area contributed by atoms with E-state index in [0.717, 1.165) is 12.4 Å². The number of nitrogens with one attached hydrogen (secondary N) is 2. The Labute approximate surface area is 86.6 Å². The molecule has 2 N–H and O–H groups in total. The highest BCUT2D eigenvalue weighted by molar-refractivity contribution is 7.98. The van der Waals surface area contributed by atoms with Crippen molar-refractivity contribution in [1.29, 1.82) is 0 Å². The molecule has 3 heteroatoms. The highest BCUT2D eigenvalue weighted by Gasteiger charge is 2.08. The second-order valence-electron chi connectivity index (χ2n) is 4.13. The van der Waals surface area contributed by atoms with Crippen LogP contribution in [-0.4, -0.2) is 24.1 Å². The molecule has 0 rings (SSSR count). The Morgan fingerprint density at radius 2 is 2.00 bits per heavy atom. The van der Waals surface area contributed by atoms with Crippen molar-refractivity contribution >= 4 is 11.8 Å². The molecule has 0 aliphatic rings. The van der Waals surface area contributed by atoms with Crippen molar-refractivity contribution in [3.05, 3.63) is 12.4 Å². The zero-order valence-corrected chi connectivity index (χ0v) is 10.1. The molecule has 0 radical (unpaired) electrons. The second kappa shape index (κ2) is 6.19. The fourth-order valence-corrected chi connectivity index (χ4v) is 1.39. The molecule has 2 nitrogen and oxygen atoms in total. The third-order valence-electron chi connectivity index (χ3n) is 1.39. The van der Waals surface area contributed by atoms with Gasteiger partial charge in [-0.15, -0.1) is 0 Å². The maximum absolute atomic E-state index is 3.91. The highest BCUT2D eigenvalue weighted by Crippen LogP contribution is 2.00. The number of hydrogen-bond acceptors (Lipinski definition) is 3. The molecule has 0 saturated heterocycles. The van der Waals surface area contributed by atoms with E-state index in [1.54, 1.807) is 0 Å². The summed E-state index contributed by atoms with van der Waals surface area (Å²) in [5, 5.41) is 6.54. The lowest BCUT2D eigenvalue weighted by molar-refractivity contribution is 0.453. The quantitative estimate of drug-likeness (QED) is 0.646. The summed E-state index contributed by atoms with van der Waals surface area (Å²) >= 11 is 1.88. The summed E-state index contributed by atoms with van der Waals surface area (Å²) in [4.78, 5) is 0. The molecule has 13 heavy (non-hydrogen) atoms. The van der Waals surface area contributed by atoms with Crippen molar-refractivity contribution in [1.82, 2.24) is 10.6 Å². The van der Waals surface area contributed by atoms with Crippen LogP contribution in [0.3, 0.4) is 0 Å². The molecule has 0 heterocycles. The van der Waals surface area contributed by atoms with Crippen molar-refractivity contribution in [2.75, 3.05) is 18.6 Å². The minimum atomic E-state index is 0.101. The largest absolute Gasteiger partial charge is 0.372 e. The molecule has 0 aliphatic heterocycles. The van der Waals surface area contributed by atoms with Crippen LogP contribution in [-0.2, 0) is 0 Å². The van der Waals surface area contributed by atoms with E-state index in [1.165, 1.54) is 12.2 Å². The van der Waals surface area contributed by atoms with Crippen molar-refractivity contribution in [3.8, 4) is 0 Å². The zero-order chi connectivity index (χ0) is 10.3. The smallest absolute Gasteiger partial charge is 0.0916 e. The van der Waals surface area contributed by atoms with Crippen molar-refractivity contribution in [2.24, 2.45) is 0 Å². The fraction of sp³-hybridized carbons (Fsp3) is 0.800. The first kappa shape index (κ1) is 12.7. The normalized spacial score (nSPS) is 11.1. The molecule has 0 bridgehead atoms. The SMILES string of the molecule is C=C(NCCCSC)NC(C)(C)C. The van der Waals surface area contributed by atoms with Gasteiger partial charge in [-0.25, -0.2) is 0 Å². The standard InChI is InChI=1S/C10H22N2S/c1-9(12-10(2,3)4)11-7-6-8-13-5/h11-12H,1,6-8H2,2-5H3. The van der Waals surface area contributed by atoms with Crippen LogP contribution in [0.5, 0.6) is 0 Å². The van der Waals surface area contributed by atoms with Crippen LogP contribution in [0, 0.1) is 0 Å². The maximum Gasteiger partial charge on any atom is 0.0916 e. The van der Waals surface area contributed by atoms with Crippen molar-refractivity contribution in [3.63, 3.8) is 0 Å². The van der Waals surface area contributed by atoms with Gasteiger partial charge in [0.25, 0.3) is 0 Å². The van der Waals surface area contributed by atoms with Gasteiger partial charge in [0.15, 0.2) is 0 Å². The summed E-state index contributed by atoms with van der Waals surface area (Å²) in [6, 6.07) is 0. The molecule has 78 valence electrons. The number of rotatable bonds is 6. The molecule has 0 aromatic carbocycles. The lowest BCUT2D eigenvalue weighted by Gasteiger charge is -2.24. The van der Waals surface area contributed by atoms with Gasteiger partial charge in [-0.2, -0.15) is 11.8 Å². The summed E-state index contributed by atoms with van der Waals surface area (Å²) in [6.07, 6.45) is 3.31. The van der Waals surface area contributed by atoms with Crippen LogP contribution in [0.1, 0.15) is 27.2 Å². The average Bonchev–Trinajstić information content (AvgIpc) is 1.94. The summed E-state index contributed by atoms with van der Waals surface area (Å²) < 4.78 is 0. The maximum atomic E-state index is 3.91. The van der Waals surface area contributed by atoms with Crippen molar-refractivity contribution in [2.45, 2.75) is 32.7 Å². The van der Waals surface area contributed by atoms with Gasteiger partial charge in [0.05, 0.1) is 5.82 Å². The van der Waals surface area contributed by atoms with Crippen molar-refractivity contribution < 1.29 is 0 Å². The minimum Gasteiger partial charge on any atom is -0.372 e. The minimum absolute atomic E-state index is 0.101. The summed E-state index contributed by atoms with van der Waals surface area (Å²) in [5.41, 5.74) is 0.101. The molecule has 0 spiro atoms. The van der Waals surface area contributed by atoms with E-state index in [1.807, 2.05) is 11.8 Å². The van der Waals surface area contributed by atoms with Gasteiger partial charge in [-0.3, -0.25) is 0 Å². The first-order valence-corrected chi connectivity index (χ1v) is 6.05. The number of thioether (sulfide) groups is 1. The summed E-state index contributed by atoms with van der Waals surface area (Å²) in [7, 11) is 0. The lowest BCUT2D eigenvalue weighted by Crippen LogP contribution is -2.39. The summed E-state index contributed by atoms with van der Waals surface area (Å²) in [6.45, 7) is 11.3. The predicted octanol–water partition coefficient (Wildman–Crippen LogP) is 2.19. The molecule has 0 fully saturated rings. The Morgan fingerprint density at radius 1 is 1.38 bits per heavy atom. The van der Waals surface area contributed by atoms with E-state index >= 15 is 0 Å². The van der Waals surface area contributed by atoms with Crippen LogP contribution < -0.4 is 10.6 Å². The third kappa shape index (κ3) is 9.61. The Bertz CT molecular complexity index is 149. The van der Waals surface area contributed by atoms with Crippen LogP contribution in [0.4, 0.5) is 0 Å². The average molecular weight is 202 g/mol. The van der Waals surface area contributed by atoms with E-state index < -0.39 is 0 Å². The van der Waals surface area contributed by atoms with Gasteiger partial charge < -0.3 is 10.6 Å². The molecular weight excluding hydrogens is 180 g/mol. The predicted molar refractivity (Wildman–Crippen MR) is 63.0 cm³/mol. The number of hydrogen-bond donors (Lipinski definition) is 2.